The summed E-state index contributed by atoms with van der Waals surface area (Å²) in [5, 5.41) is 2.74. The molecule has 0 saturated heterocycles. The van der Waals surface area contributed by atoms with Gasteiger partial charge in [-0.1, -0.05) is 128 Å². The number of aromatic nitrogens is 1. The largest absolute Gasteiger partial charge is 0.309 e. The van der Waals surface area contributed by atoms with E-state index in [9.17, 15) is 0 Å². The van der Waals surface area contributed by atoms with Gasteiger partial charge in [0.15, 0.2) is 0 Å². The lowest BCUT2D eigenvalue weighted by Gasteiger charge is -2.30. The van der Waals surface area contributed by atoms with Crippen LogP contribution in [0.25, 0.3) is 49.7 Å². The summed E-state index contributed by atoms with van der Waals surface area (Å²) in [6.45, 7) is 21.3. The minimum Gasteiger partial charge on any atom is -0.309 e. The molecule has 6 rings (SSSR count). The van der Waals surface area contributed by atoms with Crippen LogP contribution in [-0.4, -0.2) is 43.8 Å². The van der Waals surface area contributed by atoms with Crippen molar-refractivity contribution in [2.75, 3.05) is 0 Å². The summed E-state index contributed by atoms with van der Waals surface area (Å²) in [5.74, 6) is 0. The van der Waals surface area contributed by atoms with Crippen LogP contribution in [0.15, 0.2) is 78.9 Å². The van der Waals surface area contributed by atoms with Crippen molar-refractivity contribution in [3.8, 4) is 27.9 Å². The van der Waals surface area contributed by atoms with Crippen molar-refractivity contribution < 1.29 is 0 Å². The molecule has 0 spiro atoms. The molecule has 1 nitrogen and oxygen atoms in total. The Morgan fingerprint density at radius 2 is 1.06 bits per heavy atom. The molecule has 0 amide bonds. The predicted octanol–water partition coefficient (Wildman–Crippen LogP) is 3.69. The molecule has 0 fully saturated rings. The summed E-state index contributed by atoms with van der Waals surface area (Å²) in [6.07, 6.45) is 1.03. The average molecular weight is 637 g/mol. The van der Waals surface area contributed by atoms with E-state index in [2.05, 4.69) is 185 Å². The minimum atomic E-state index is -0.0828. The highest BCUT2D eigenvalue weighted by Crippen LogP contribution is 2.48. The fourth-order valence-electron chi connectivity index (χ4n) is 7.89. The molecule has 0 unspecified atom stereocenters. The van der Waals surface area contributed by atoms with Crippen LogP contribution in [0, 0.1) is 0 Å². The topological polar surface area (TPSA) is 4.93 Å². The normalized spacial score (nSPS) is 12.7. The second-order valence-electron chi connectivity index (χ2n) is 17.3. The number of rotatable bonds is 5. The van der Waals surface area contributed by atoms with Gasteiger partial charge in [0, 0.05) is 16.5 Å². The maximum atomic E-state index is 2.51. The maximum absolute atomic E-state index is 2.51. The smallest absolute Gasteiger partial charge is 0.139 e. The molecule has 0 aliphatic rings. The van der Waals surface area contributed by atoms with Gasteiger partial charge in [0.1, 0.15) is 39.2 Å². The van der Waals surface area contributed by atoms with Crippen LogP contribution in [0.5, 0.6) is 0 Å². The first kappa shape index (κ1) is 35.1. The fraction of sp³-hybridized carbons (Fsp3) is 0.302. The van der Waals surface area contributed by atoms with Gasteiger partial charge in [0.25, 0.3) is 0 Å². The number of nitrogens with zero attached hydrogens (tertiary/aromatic N) is 1. The number of benzene rings is 5. The lowest BCUT2D eigenvalue weighted by atomic mass is 9.59. The van der Waals surface area contributed by atoms with E-state index in [0.29, 0.717) is 0 Å². The Kier molecular flexibility index (Phi) is 8.75. The molecule has 0 N–H and O–H groups in total. The van der Waals surface area contributed by atoms with E-state index in [1.165, 1.54) is 93.8 Å². The molecule has 0 atom stereocenters. The van der Waals surface area contributed by atoms with Crippen LogP contribution in [0.1, 0.15) is 85.4 Å². The summed E-state index contributed by atoms with van der Waals surface area (Å²) in [6, 6.07) is 30.2. The van der Waals surface area contributed by atoms with Crippen LogP contribution in [0.2, 0.25) is 0 Å². The fourth-order valence-corrected chi connectivity index (χ4v) is 7.89. The number of hydrogen-bond acceptors (Lipinski definition) is 0. The van der Waals surface area contributed by atoms with Gasteiger partial charge in [-0.25, -0.2) is 0 Å². The third-order valence-electron chi connectivity index (χ3n) is 11.8. The van der Waals surface area contributed by atoms with E-state index in [1.807, 2.05) is 0 Å². The Balaban J connectivity index is 1.89. The molecule has 0 bridgehead atoms. The third kappa shape index (κ3) is 5.84. The maximum Gasteiger partial charge on any atom is 0.139 e. The van der Waals surface area contributed by atoms with Crippen LogP contribution in [0.4, 0.5) is 0 Å². The molecular weight excluding hydrogens is 585 g/mol. The SMILES string of the molecule is Bc1c(B)c(B)c(-c2cccc3c2c2c(C(C)(C)CC)c(-c4cc(C(C)(C)C)cc(C(C)(C)C)c4)ccc2n3-c2ccccc2)c(B)c1B. The highest BCUT2D eigenvalue weighted by molar-refractivity contribution is 6.69. The van der Waals surface area contributed by atoms with Crippen molar-refractivity contribution in [2.24, 2.45) is 0 Å². The molecule has 6 aromatic rings. The Morgan fingerprint density at radius 1 is 0.531 bits per heavy atom. The number of fused-ring (bicyclic) bond motifs is 3. The molecule has 1 heterocycles. The molecule has 244 valence electrons. The molecule has 1 aromatic heterocycles. The Bertz CT molecular complexity index is 2180. The molecule has 0 radical (unpaired) electrons. The highest BCUT2D eigenvalue weighted by Gasteiger charge is 2.31. The molecule has 0 aliphatic heterocycles. The second kappa shape index (κ2) is 12.2. The number of hydrogen-bond donors (Lipinski definition) is 0. The van der Waals surface area contributed by atoms with Gasteiger partial charge >= 0.3 is 0 Å². The predicted molar refractivity (Wildman–Crippen MR) is 233 cm³/mol. The highest BCUT2D eigenvalue weighted by atomic mass is 15.0. The standard InChI is InChI=1S/C43H52B5N/c1-10-43(8,9)35-28(24-21-25(41(2,3)4)23-26(22-24)42(5,6)7)19-20-31-34(35)32-29(33-36(44)38(46)40(48)39(47)37(33)45)17-14-18-30(32)49(31)27-15-12-11-13-16-27/h11-23H,10,44-48H2,1-9H3. The van der Waals surface area contributed by atoms with E-state index in [0.717, 1.165) is 6.42 Å². The van der Waals surface area contributed by atoms with Gasteiger partial charge in [-0.15, -0.1) is 16.4 Å². The van der Waals surface area contributed by atoms with Crippen LogP contribution in [0.3, 0.4) is 0 Å². The van der Waals surface area contributed by atoms with Crippen molar-refractivity contribution in [1.29, 1.82) is 0 Å². The zero-order valence-electron chi connectivity index (χ0n) is 32.7. The molecule has 0 aliphatic carbocycles. The third-order valence-corrected chi connectivity index (χ3v) is 11.8. The Morgan fingerprint density at radius 3 is 1.59 bits per heavy atom. The van der Waals surface area contributed by atoms with Gasteiger partial charge in [-0.05, 0) is 85.9 Å². The minimum absolute atomic E-state index is 0.0350. The monoisotopic (exact) mass is 637 g/mol. The van der Waals surface area contributed by atoms with E-state index in [4.69, 9.17) is 0 Å². The first-order chi connectivity index (χ1) is 22.9. The second-order valence-corrected chi connectivity index (χ2v) is 17.3. The Hall–Kier alpha value is -3.78. The zero-order valence-corrected chi connectivity index (χ0v) is 32.7. The number of para-hydroxylation sites is 1. The Labute approximate surface area is 300 Å². The zero-order chi connectivity index (χ0) is 35.8. The molecule has 6 heteroatoms. The van der Waals surface area contributed by atoms with Gasteiger partial charge in [0.05, 0.1) is 11.0 Å². The summed E-state index contributed by atoms with van der Waals surface area (Å²) < 4.78 is 2.51. The first-order valence-corrected chi connectivity index (χ1v) is 18.3. The van der Waals surface area contributed by atoms with E-state index >= 15 is 0 Å². The van der Waals surface area contributed by atoms with Crippen LogP contribution < -0.4 is 27.3 Å². The van der Waals surface area contributed by atoms with Crippen molar-refractivity contribution in [3.63, 3.8) is 0 Å². The van der Waals surface area contributed by atoms with E-state index < -0.39 is 0 Å². The molecule has 5 aromatic carbocycles. The van der Waals surface area contributed by atoms with Crippen LogP contribution in [-0.2, 0) is 16.2 Å². The van der Waals surface area contributed by atoms with Crippen LogP contribution >= 0.6 is 0 Å². The van der Waals surface area contributed by atoms with Gasteiger partial charge in [-0.2, -0.15) is 0 Å². The van der Waals surface area contributed by atoms with Gasteiger partial charge < -0.3 is 4.57 Å². The molecule has 49 heavy (non-hydrogen) atoms. The van der Waals surface area contributed by atoms with Crippen molar-refractivity contribution in [2.45, 2.75) is 85.0 Å². The average Bonchev–Trinajstić information content (AvgIpc) is 3.40. The summed E-state index contributed by atoms with van der Waals surface area (Å²) in [5.41, 5.74) is 20.3. The van der Waals surface area contributed by atoms with Crippen molar-refractivity contribution in [3.05, 3.63) is 95.6 Å². The van der Waals surface area contributed by atoms with Gasteiger partial charge in [0.2, 0.25) is 0 Å². The quantitative estimate of drug-likeness (QED) is 0.255. The lowest BCUT2D eigenvalue weighted by Crippen LogP contribution is -2.55. The summed E-state index contributed by atoms with van der Waals surface area (Å²) in [7, 11) is 11.5. The first-order valence-electron chi connectivity index (χ1n) is 18.3. The van der Waals surface area contributed by atoms with Crippen molar-refractivity contribution in [1.82, 2.24) is 4.57 Å². The summed E-state index contributed by atoms with van der Waals surface area (Å²) >= 11 is 0. The van der Waals surface area contributed by atoms with E-state index in [1.54, 1.807) is 0 Å². The van der Waals surface area contributed by atoms with Gasteiger partial charge in [-0.3, -0.25) is 0 Å². The van der Waals surface area contributed by atoms with Crippen molar-refractivity contribution >= 4 is 88.4 Å². The molecule has 0 saturated carbocycles. The lowest BCUT2D eigenvalue weighted by molar-refractivity contribution is 0.512. The molecular formula is C43H52B5N. The van der Waals surface area contributed by atoms with E-state index in [-0.39, 0.29) is 16.2 Å². The summed E-state index contributed by atoms with van der Waals surface area (Å²) in [4.78, 5) is 0.